The minimum atomic E-state index is 0.0842. The lowest BCUT2D eigenvalue weighted by Gasteiger charge is -2.35. The number of carbonyl (C=O) groups excluding carboxylic acids is 1. The number of pyridine rings is 1. The SMILES string of the molecule is C[C@@H]1CN(C(=O)c2ccc(CSc3ccccn3)cc2)C[C@H](C)O1. The highest BCUT2D eigenvalue weighted by atomic mass is 32.2. The van der Waals surface area contributed by atoms with Crippen molar-refractivity contribution in [1.82, 2.24) is 9.88 Å². The molecule has 0 spiro atoms. The average Bonchev–Trinajstić information content (AvgIpc) is 2.60. The molecule has 1 amide bonds. The van der Waals surface area contributed by atoms with Crippen LogP contribution in [-0.2, 0) is 10.5 Å². The largest absolute Gasteiger partial charge is 0.372 e. The number of thioether (sulfide) groups is 1. The second-order valence-corrected chi connectivity index (χ2v) is 7.12. The maximum atomic E-state index is 12.6. The predicted molar refractivity (Wildman–Crippen MR) is 96.2 cm³/mol. The Kier molecular flexibility index (Phi) is 5.53. The molecule has 126 valence electrons. The van der Waals surface area contributed by atoms with Crippen molar-refractivity contribution in [3.63, 3.8) is 0 Å². The van der Waals surface area contributed by atoms with Crippen molar-refractivity contribution in [3.8, 4) is 0 Å². The lowest BCUT2D eigenvalue weighted by atomic mass is 10.1. The van der Waals surface area contributed by atoms with E-state index < -0.39 is 0 Å². The molecule has 1 fully saturated rings. The number of rotatable bonds is 4. The van der Waals surface area contributed by atoms with Gasteiger partial charge in [0.15, 0.2) is 0 Å². The molecule has 1 aliphatic heterocycles. The molecular weight excluding hydrogens is 320 g/mol. The Labute approximate surface area is 147 Å². The minimum absolute atomic E-state index is 0.0842. The zero-order valence-electron chi connectivity index (χ0n) is 14.0. The van der Waals surface area contributed by atoms with Crippen LogP contribution < -0.4 is 0 Å². The molecule has 0 saturated carbocycles. The highest BCUT2D eigenvalue weighted by Crippen LogP contribution is 2.21. The second-order valence-electron chi connectivity index (χ2n) is 6.12. The third kappa shape index (κ3) is 4.36. The number of nitrogens with zero attached hydrogens (tertiary/aromatic N) is 2. The van der Waals surface area contributed by atoms with Crippen LogP contribution in [0.1, 0.15) is 29.8 Å². The van der Waals surface area contributed by atoms with E-state index in [1.165, 1.54) is 5.56 Å². The van der Waals surface area contributed by atoms with E-state index in [4.69, 9.17) is 4.74 Å². The first-order valence-electron chi connectivity index (χ1n) is 8.19. The summed E-state index contributed by atoms with van der Waals surface area (Å²) in [5.74, 6) is 0.929. The Morgan fingerprint density at radius 3 is 2.50 bits per heavy atom. The topological polar surface area (TPSA) is 42.4 Å². The van der Waals surface area contributed by atoms with Gasteiger partial charge < -0.3 is 9.64 Å². The van der Waals surface area contributed by atoms with Crippen LogP contribution in [0.4, 0.5) is 0 Å². The van der Waals surface area contributed by atoms with Crippen molar-refractivity contribution in [3.05, 3.63) is 59.8 Å². The van der Waals surface area contributed by atoms with Crippen LogP contribution in [0, 0.1) is 0 Å². The summed E-state index contributed by atoms with van der Waals surface area (Å²) >= 11 is 1.69. The average molecular weight is 342 g/mol. The third-order valence-corrected chi connectivity index (χ3v) is 4.95. The van der Waals surface area contributed by atoms with E-state index in [9.17, 15) is 4.79 Å². The standard InChI is InChI=1S/C19H22N2O2S/c1-14-11-21(12-15(2)23-14)19(22)17-8-6-16(7-9-17)13-24-18-5-3-4-10-20-18/h3-10,14-15H,11-13H2,1-2H3/t14-,15+. The first-order chi connectivity index (χ1) is 11.6. The molecule has 24 heavy (non-hydrogen) atoms. The number of amides is 1. The summed E-state index contributed by atoms with van der Waals surface area (Å²) in [7, 11) is 0. The van der Waals surface area contributed by atoms with Crippen molar-refractivity contribution >= 4 is 17.7 Å². The quantitative estimate of drug-likeness (QED) is 0.796. The Morgan fingerprint density at radius 1 is 1.17 bits per heavy atom. The van der Waals surface area contributed by atoms with Gasteiger partial charge >= 0.3 is 0 Å². The van der Waals surface area contributed by atoms with Gasteiger partial charge in [-0.15, -0.1) is 11.8 Å². The molecule has 2 aromatic rings. The fraction of sp³-hybridized carbons (Fsp3) is 0.368. The van der Waals surface area contributed by atoms with Crippen molar-refractivity contribution in [2.45, 2.75) is 36.8 Å². The maximum absolute atomic E-state index is 12.6. The fourth-order valence-electron chi connectivity index (χ4n) is 2.86. The predicted octanol–water partition coefficient (Wildman–Crippen LogP) is 3.62. The van der Waals surface area contributed by atoms with Crippen LogP contribution in [0.25, 0.3) is 0 Å². The zero-order chi connectivity index (χ0) is 16.9. The normalized spacial score (nSPS) is 20.8. The molecule has 1 aliphatic rings. The van der Waals surface area contributed by atoms with E-state index in [1.807, 2.05) is 61.2 Å². The molecule has 1 aromatic heterocycles. The van der Waals surface area contributed by atoms with Crippen LogP contribution in [0.2, 0.25) is 0 Å². The summed E-state index contributed by atoms with van der Waals surface area (Å²) in [4.78, 5) is 18.8. The highest BCUT2D eigenvalue weighted by Gasteiger charge is 2.26. The van der Waals surface area contributed by atoms with Gasteiger partial charge in [0, 0.05) is 30.6 Å². The van der Waals surface area contributed by atoms with Gasteiger partial charge in [0.2, 0.25) is 0 Å². The molecule has 1 saturated heterocycles. The van der Waals surface area contributed by atoms with Gasteiger partial charge in [0.1, 0.15) is 0 Å². The van der Waals surface area contributed by atoms with E-state index in [2.05, 4.69) is 4.98 Å². The minimum Gasteiger partial charge on any atom is -0.372 e. The van der Waals surface area contributed by atoms with Crippen LogP contribution in [-0.4, -0.2) is 41.1 Å². The molecule has 1 aromatic carbocycles. The Morgan fingerprint density at radius 2 is 1.88 bits per heavy atom. The Bertz CT molecular complexity index is 666. The number of benzene rings is 1. The molecule has 4 nitrogen and oxygen atoms in total. The Hall–Kier alpha value is -1.85. The zero-order valence-corrected chi connectivity index (χ0v) is 14.8. The van der Waals surface area contributed by atoms with Crippen molar-refractivity contribution in [1.29, 1.82) is 0 Å². The molecule has 0 bridgehead atoms. The highest BCUT2D eigenvalue weighted by molar-refractivity contribution is 7.98. The lowest BCUT2D eigenvalue weighted by Crippen LogP contribution is -2.48. The van der Waals surface area contributed by atoms with Gasteiger partial charge in [0.25, 0.3) is 5.91 Å². The van der Waals surface area contributed by atoms with E-state index in [-0.39, 0.29) is 18.1 Å². The maximum Gasteiger partial charge on any atom is 0.254 e. The van der Waals surface area contributed by atoms with Crippen LogP contribution in [0.5, 0.6) is 0 Å². The van der Waals surface area contributed by atoms with Crippen molar-refractivity contribution in [2.24, 2.45) is 0 Å². The molecule has 0 aliphatic carbocycles. The number of hydrogen-bond donors (Lipinski definition) is 0. The smallest absolute Gasteiger partial charge is 0.254 e. The first kappa shape index (κ1) is 17.0. The number of carbonyl (C=O) groups is 1. The van der Waals surface area contributed by atoms with Crippen LogP contribution >= 0.6 is 11.8 Å². The van der Waals surface area contributed by atoms with E-state index in [0.717, 1.165) is 16.3 Å². The van der Waals surface area contributed by atoms with Gasteiger partial charge in [-0.2, -0.15) is 0 Å². The summed E-state index contributed by atoms with van der Waals surface area (Å²) in [6, 6.07) is 13.8. The first-order valence-corrected chi connectivity index (χ1v) is 9.18. The molecule has 0 unspecified atom stereocenters. The third-order valence-electron chi connectivity index (χ3n) is 3.93. The number of hydrogen-bond acceptors (Lipinski definition) is 4. The van der Waals surface area contributed by atoms with Crippen molar-refractivity contribution in [2.75, 3.05) is 13.1 Å². The summed E-state index contributed by atoms with van der Waals surface area (Å²) in [6.45, 7) is 5.32. The number of ether oxygens (including phenoxy) is 1. The van der Waals surface area contributed by atoms with Gasteiger partial charge in [-0.05, 0) is 43.7 Å². The van der Waals surface area contributed by atoms with E-state index >= 15 is 0 Å². The summed E-state index contributed by atoms with van der Waals surface area (Å²) in [5, 5.41) is 1.01. The molecule has 0 radical (unpaired) electrons. The summed E-state index contributed by atoms with van der Waals surface area (Å²) in [5.41, 5.74) is 1.92. The molecule has 5 heteroatoms. The molecule has 0 N–H and O–H groups in total. The molecular formula is C19H22N2O2S. The fourth-order valence-corrected chi connectivity index (χ4v) is 3.68. The van der Waals surface area contributed by atoms with E-state index in [0.29, 0.717) is 13.1 Å². The molecule has 3 rings (SSSR count). The second kappa shape index (κ2) is 7.81. The Balaban J connectivity index is 1.60. The number of aromatic nitrogens is 1. The van der Waals surface area contributed by atoms with Gasteiger partial charge in [0.05, 0.1) is 17.2 Å². The van der Waals surface area contributed by atoms with Gasteiger partial charge in [-0.3, -0.25) is 4.79 Å². The van der Waals surface area contributed by atoms with Crippen LogP contribution in [0.3, 0.4) is 0 Å². The molecule has 2 heterocycles. The summed E-state index contributed by atoms with van der Waals surface area (Å²) < 4.78 is 5.69. The lowest BCUT2D eigenvalue weighted by molar-refractivity contribution is -0.0586. The van der Waals surface area contributed by atoms with Crippen molar-refractivity contribution < 1.29 is 9.53 Å². The van der Waals surface area contributed by atoms with Gasteiger partial charge in [-0.25, -0.2) is 4.98 Å². The van der Waals surface area contributed by atoms with Crippen LogP contribution in [0.15, 0.2) is 53.7 Å². The molecule has 2 atom stereocenters. The van der Waals surface area contributed by atoms with Gasteiger partial charge in [-0.1, -0.05) is 18.2 Å². The monoisotopic (exact) mass is 342 g/mol. The number of morpholine rings is 1. The summed E-state index contributed by atoms with van der Waals surface area (Å²) in [6.07, 6.45) is 1.98. The van der Waals surface area contributed by atoms with E-state index in [1.54, 1.807) is 18.0 Å².